The zero-order valence-electron chi connectivity index (χ0n) is 8.61. The number of rotatable bonds is 7. The zero-order chi connectivity index (χ0) is 10.6. The predicted octanol–water partition coefficient (Wildman–Crippen LogP) is 0.728. The summed E-state index contributed by atoms with van der Waals surface area (Å²) in [7, 11) is -3.34. The van der Waals surface area contributed by atoms with Gasteiger partial charge in [-0.15, -0.1) is 0 Å². The molecule has 4 nitrogen and oxygen atoms in total. The second kappa shape index (κ2) is 5.09. The molecule has 1 unspecified atom stereocenters. The molecular weight excluding hydrogens is 202 g/mol. The van der Waals surface area contributed by atoms with Crippen LogP contribution >= 0.6 is 0 Å². The Morgan fingerprint density at radius 1 is 1.50 bits per heavy atom. The van der Waals surface area contributed by atoms with Crippen LogP contribution in [-0.2, 0) is 14.8 Å². The van der Waals surface area contributed by atoms with E-state index < -0.39 is 10.0 Å². The largest absolute Gasteiger partial charge is 0.381 e. The average molecular weight is 221 g/mol. The van der Waals surface area contributed by atoms with Gasteiger partial charge < -0.3 is 4.74 Å². The minimum Gasteiger partial charge on any atom is -0.381 e. The highest BCUT2D eigenvalue weighted by molar-refractivity contribution is 7.89. The topological polar surface area (TPSA) is 69.4 Å². The van der Waals surface area contributed by atoms with Gasteiger partial charge in [0.15, 0.2) is 0 Å². The molecule has 0 aliphatic heterocycles. The van der Waals surface area contributed by atoms with Gasteiger partial charge in [-0.1, -0.05) is 19.8 Å². The Morgan fingerprint density at radius 3 is 2.64 bits per heavy atom. The zero-order valence-corrected chi connectivity index (χ0v) is 9.42. The fourth-order valence-corrected chi connectivity index (χ4v) is 2.28. The van der Waals surface area contributed by atoms with Gasteiger partial charge >= 0.3 is 0 Å². The summed E-state index contributed by atoms with van der Waals surface area (Å²) >= 11 is 0. The van der Waals surface area contributed by atoms with Crippen LogP contribution in [0.4, 0.5) is 0 Å². The van der Waals surface area contributed by atoms with E-state index in [1.807, 2.05) is 6.92 Å². The van der Waals surface area contributed by atoms with E-state index in [1.54, 1.807) is 0 Å². The number of hydrogen-bond acceptors (Lipinski definition) is 3. The molecule has 1 fully saturated rings. The summed E-state index contributed by atoms with van der Waals surface area (Å²) in [6.07, 6.45) is 3.77. The van der Waals surface area contributed by atoms with Gasteiger partial charge in [-0.3, -0.25) is 0 Å². The number of primary sulfonamides is 1. The number of hydrogen-bond donors (Lipinski definition) is 1. The lowest BCUT2D eigenvalue weighted by Crippen LogP contribution is -2.24. The molecule has 5 heteroatoms. The van der Waals surface area contributed by atoms with Crippen LogP contribution < -0.4 is 5.14 Å². The molecule has 0 aromatic carbocycles. The second-order valence-corrected chi connectivity index (χ2v) is 5.90. The molecule has 0 aromatic heterocycles. The van der Waals surface area contributed by atoms with Crippen LogP contribution in [0.25, 0.3) is 0 Å². The van der Waals surface area contributed by atoms with Crippen molar-refractivity contribution in [1.82, 2.24) is 0 Å². The third-order valence-corrected chi connectivity index (χ3v) is 3.32. The van der Waals surface area contributed by atoms with Crippen molar-refractivity contribution in [2.75, 3.05) is 19.0 Å². The molecule has 0 radical (unpaired) electrons. The summed E-state index contributed by atoms with van der Waals surface area (Å²) in [5.41, 5.74) is 0. The SMILES string of the molecule is CC(COCCC1CC1)CS(N)(=O)=O. The molecule has 0 spiro atoms. The maximum Gasteiger partial charge on any atom is 0.209 e. The molecule has 1 atom stereocenters. The molecule has 1 aliphatic rings. The Kier molecular flexibility index (Phi) is 4.34. The molecule has 0 bridgehead atoms. The van der Waals surface area contributed by atoms with Crippen LogP contribution in [0.5, 0.6) is 0 Å². The Balaban J connectivity index is 1.99. The van der Waals surface area contributed by atoms with E-state index in [0.717, 1.165) is 18.9 Å². The summed E-state index contributed by atoms with van der Waals surface area (Å²) < 4.78 is 26.8. The van der Waals surface area contributed by atoms with Crippen molar-refractivity contribution in [3.8, 4) is 0 Å². The molecule has 14 heavy (non-hydrogen) atoms. The standard InChI is InChI=1S/C9H19NO3S/c1-8(7-14(10,11)12)6-13-5-4-9-2-3-9/h8-9H,2-7H2,1H3,(H2,10,11,12). The van der Waals surface area contributed by atoms with Crippen molar-refractivity contribution in [2.45, 2.75) is 26.2 Å². The summed E-state index contributed by atoms with van der Waals surface area (Å²) in [5, 5.41) is 4.92. The molecule has 2 N–H and O–H groups in total. The van der Waals surface area contributed by atoms with Crippen LogP contribution in [-0.4, -0.2) is 27.4 Å². The van der Waals surface area contributed by atoms with Crippen LogP contribution in [0.3, 0.4) is 0 Å². The second-order valence-electron chi connectivity index (χ2n) is 4.24. The van der Waals surface area contributed by atoms with E-state index in [1.165, 1.54) is 12.8 Å². The molecule has 1 saturated carbocycles. The third kappa shape index (κ3) is 6.34. The third-order valence-electron chi connectivity index (χ3n) is 2.29. The number of ether oxygens (including phenoxy) is 1. The highest BCUT2D eigenvalue weighted by Gasteiger charge is 2.20. The Labute approximate surface area is 85.9 Å². The van der Waals surface area contributed by atoms with Crippen molar-refractivity contribution >= 4 is 10.0 Å². The van der Waals surface area contributed by atoms with Crippen LogP contribution in [0.15, 0.2) is 0 Å². The monoisotopic (exact) mass is 221 g/mol. The van der Waals surface area contributed by atoms with Gasteiger partial charge in [0.2, 0.25) is 10.0 Å². The Hall–Kier alpha value is -0.130. The van der Waals surface area contributed by atoms with Crippen molar-refractivity contribution in [3.63, 3.8) is 0 Å². The first kappa shape index (κ1) is 11.9. The van der Waals surface area contributed by atoms with Gasteiger partial charge in [0.1, 0.15) is 0 Å². The van der Waals surface area contributed by atoms with E-state index >= 15 is 0 Å². The molecule has 84 valence electrons. The Bertz CT molecular complexity index is 259. The molecule has 0 amide bonds. The lowest BCUT2D eigenvalue weighted by Gasteiger charge is -2.10. The lowest BCUT2D eigenvalue weighted by atomic mass is 10.2. The van der Waals surface area contributed by atoms with E-state index in [9.17, 15) is 8.42 Å². The molecular formula is C9H19NO3S. The first-order chi connectivity index (χ1) is 6.47. The van der Waals surface area contributed by atoms with Crippen molar-refractivity contribution in [1.29, 1.82) is 0 Å². The molecule has 0 aromatic rings. The smallest absolute Gasteiger partial charge is 0.209 e. The fourth-order valence-electron chi connectivity index (χ4n) is 1.39. The van der Waals surface area contributed by atoms with E-state index in [-0.39, 0.29) is 11.7 Å². The highest BCUT2D eigenvalue weighted by Crippen LogP contribution is 2.32. The van der Waals surface area contributed by atoms with Crippen molar-refractivity contribution < 1.29 is 13.2 Å². The summed E-state index contributed by atoms with van der Waals surface area (Å²) in [5.74, 6) is 0.865. The molecule has 0 saturated heterocycles. The average Bonchev–Trinajstić information content (AvgIpc) is 2.77. The Morgan fingerprint density at radius 2 is 2.14 bits per heavy atom. The fraction of sp³-hybridized carbons (Fsp3) is 1.00. The molecule has 0 heterocycles. The van der Waals surface area contributed by atoms with E-state index in [0.29, 0.717) is 6.61 Å². The van der Waals surface area contributed by atoms with Gasteiger partial charge in [0, 0.05) is 6.61 Å². The van der Waals surface area contributed by atoms with E-state index in [2.05, 4.69) is 0 Å². The van der Waals surface area contributed by atoms with Gasteiger partial charge in [0.25, 0.3) is 0 Å². The van der Waals surface area contributed by atoms with Crippen LogP contribution in [0.1, 0.15) is 26.2 Å². The first-order valence-corrected chi connectivity index (χ1v) is 6.77. The molecule has 1 aliphatic carbocycles. The van der Waals surface area contributed by atoms with Crippen molar-refractivity contribution in [2.24, 2.45) is 17.0 Å². The minimum atomic E-state index is -3.34. The maximum atomic E-state index is 10.7. The number of sulfonamides is 1. The number of nitrogens with two attached hydrogens (primary N) is 1. The van der Waals surface area contributed by atoms with Gasteiger partial charge in [0.05, 0.1) is 12.4 Å². The minimum absolute atomic E-state index is 0.01000. The summed E-state index contributed by atoms with van der Waals surface area (Å²) in [6, 6.07) is 0. The van der Waals surface area contributed by atoms with Gasteiger partial charge in [-0.2, -0.15) is 0 Å². The normalized spacial score (nSPS) is 19.6. The van der Waals surface area contributed by atoms with Crippen LogP contribution in [0.2, 0.25) is 0 Å². The molecule has 1 rings (SSSR count). The van der Waals surface area contributed by atoms with Crippen LogP contribution in [0, 0.1) is 11.8 Å². The summed E-state index contributed by atoms with van der Waals surface area (Å²) in [4.78, 5) is 0. The van der Waals surface area contributed by atoms with Crippen molar-refractivity contribution in [3.05, 3.63) is 0 Å². The van der Waals surface area contributed by atoms with Gasteiger partial charge in [-0.25, -0.2) is 13.6 Å². The first-order valence-electron chi connectivity index (χ1n) is 5.05. The summed E-state index contributed by atoms with van der Waals surface area (Å²) in [6.45, 7) is 3.07. The lowest BCUT2D eigenvalue weighted by molar-refractivity contribution is 0.105. The van der Waals surface area contributed by atoms with E-state index in [4.69, 9.17) is 9.88 Å². The predicted molar refractivity (Wildman–Crippen MR) is 55.3 cm³/mol. The highest BCUT2D eigenvalue weighted by atomic mass is 32.2. The van der Waals surface area contributed by atoms with Gasteiger partial charge in [-0.05, 0) is 18.3 Å². The quantitative estimate of drug-likeness (QED) is 0.644. The maximum absolute atomic E-state index is 10.7.